The lowest BCUT2D eigenvalue weighted by Crippen LogP contribution is -2.56. The second-order valence-corrected chi connectivity index (χ2v) is 10.4. The second-order valence-electron chi connectivity index (χ2n) is 9.38. The molecule has 8 nitrogen and oxygen atoms in total. The molecule has 12 heteroatoms. The Kier molecular flexibility index (Phi) is 12.1. The highest BCUT2D eigenvalue weighted by atomic mass is 32.2. The van der Waals surface area contributed by atoms with E-state index in [4.69, 9.17) is 0 Å². The number of phenols is 1. The van der Waals surface area contributed by atoms with Crippen molar-refractivity contribution in [2.45, 2.75) is 57.5 Å². The number of hydrogen-bond acceptors (Lipinski definition) is 6. The van der Waals surface area contributed by atoms with Gasteiger partial charge in [0.15, 0.2) is 0 Å². The summed E-state index contributed by atoms with van der Waals surface area (Å²) in [4.78, 5) is 38.1. The summed E-state index contributed by atoms with van der Waals surface area (Å²) in [6.45, 7) is 3.20. The Balaban J connectivity index is 2.22. The fourth-order valence-corrected chi connectivity index (χ4v) is 4.31. The van der Waals surface area contributed by atoms with Gasteiger partial charge in [-0.2, -0.15) is 24.9 Å². The molecule has 2 rings (SSSR count). The topological polar surface area (TPSA) is 128 Å². The van der Waals surface area contributed by atoms with Crippen LogP contribution in [0.1, 0.15) is 37.0 Å². The van der Waals surface area contributed by atoms with Crippen molar-refractivity contribution in [1.82, 2.24) is 16.0 Å². The molecule has 3 atom stereocenters. The zero-order valence-corrected chi connectivity index (χ0v) is 22.7. The van der Waals surface area contributed by atoms with Crippen LogP contribution in [0.5, 0.6) is 5.75 Å². The van der Waals surface area contributed by atoms with Gasteiger partial charge in [0.05, 0.1) is 11.6 Å². The van der Waals surface area contributed by atoms with Gasteiger partial charge >= 0.3 is 12.1 Å². The average Bonchev–Trinajstić information content (AvgIpc) is 2.86. The average molecular weight is 570 g/mol. The van der Waals surface area contributed by atoms with Crippen LogP contribution < -0.4 is 16.0 Å². The van der Waals surface area contributed by atoms with Crippen molar-refractivity contribution in [3.8, 4) is 5.75 Å². The third-order valence-corrected chi connectivity index (χ3v) is 6.65. The van der Waals surface area contributed by atoms with E-state index in [1.54, 1.807) is 44.2 Å². The van der Waals surface area contributed by atoms with E-state index in [0.29, 0.717) is 5.75 Å². The molecule has 0 radical (unpaired) electrons. The molecule has 0 bridgehead atoms. The molecular formula is C27H34F3N3O5S. The normalized spacial score (nSPS) is 13.9. The molecule has 0 heterocycles. The largest absolute Gasteiger partial charge is 0.508 e. The Morgan fingerprint density at radius 2 is 1.62 bits per heavy atom. The number of nitrogens with one attached hydrogen (secondary N) is 3. The monoisotopic (exact) mass is 569 g/mol. The van der Waals surface area contributed by atoms with Gasteiger partial charge < -0.3 is 26.2 Å². The van der Waals surface area contributed by atoms with Crippen molar-refractivity contribution in [3.05, 3.63) is 65.2 Å². The molecule has 0 aliphatic rings. The minimum atomic E-state index is -4.60. The fraction of sp³-hybridized carbons (Fsp3) is 0.444. The van der Waals surface area contributed by atoms with Crippen LogP contribution >= 0.6 is 11.8 Å². The van der Waals surface area contributed by atoms with Gasteiger partial charge in [-0.25, -0.2) is 4.79 Å². The Labute approximate surface area is 229 Å². The van der Waals surface area contributed by atoms with Gasteiger partial charge in [0.2, 0.25) is 11.8 Å². The van der Waals surface area contributed by atoms with Gasteiger partial charge in [-0.1, -0.05) is 44.2 Å². The number of carboxylic acids is 1. The maximum Gasteiger partial charge on any atom is 0.416 e. The molecule has 0 spiro atoms. The van der Waals surface area contributed by atoms with Gasteiger partial charge in [0.1, 0.15) is 17.8 Å². The van der Waals surface area contributed by atoms with Gasteiger partial charge in [-0.3, -0.25) is 9.59 Å². The molecule has 0 saturated heterocycles. The minimum Gasteiger partial charge on any atom is -0.508 e. The quantitative estimate of drug-likeness (QED) is 0.235. The number of halogens is 3. The standard InChI is InChI=1S/C27H34F3N3O5S/c1-16(2)23(31-15-18-14-19(27(28,29)30)9-10-22(18)34)25(36)33-21(13-17-7-5-4-6-8-17)24(35)32-20(26(37)38)11-12-39-3/h4-10,14,16,20-21,23,31,34H,11-13,15H2,1-3H3,(H,32,35)(H,33,36)(H,37,38)/t20-,21-,23-/m0/s1. The molecule has 0 aliphatic heterocycles. The molecule has 39 heavy (non-hydrogen) atoms. The van der Waals surface area contributed by atoms with Gasteiger partial charge in [-0.15, -0.1) is 0 Å². The SMILES string of the molecule is CSCC[C@H](NC(=O)[C@H](Cc1ccccc1)NC(=O)[C@@H](NCc1cc(C(F)(F)F)ccc1O)C(C)C)C(=O)O. The van der Waals surface area contributed by atoms with E-state index in [0.717, 1.165) is 23.8 Å². The fourth-order valence-electron chi connectivity index (χ4n) is 3.84. The first-order chi connectivity index (χ1) is 18.3. The molecule has 2 aromatic carbocycles. The summed E-state index contributed by atoms with van der Waals surface area (Å²) in [6.07, 6.45) is -2.49. The van der Waals surface area contributed by atoms with Crippen LogP contribution in [-0.4, -0.2) is 58.1 Å². The number of aliphatic carboxylic acids is 1. The highest BCUT2D eigenvalue weighted by Gasteiger charge is 2.32. The van der Waals surface area contributed by atoms with E-state index in [1.165, 1.54) is 11.8 Å². The van der Waals surface area contributed by atoms with Crippen molar-refractivity contribution in [3.63, 3.8) is 0 Å². The van der Waals surface area contributed by atoms with Crippen LogP contribution in [0.25, 0.3) is 0 Å². The number of benzene rings is 2. The highest BCUT2D eigenvalue weighted by molar-refractivity contribution is 7.98. The number of rotatable bonds is 14. The molecule has 214 valence electrons. The summed E-state index contributed by atoms with van der Waals surface area (Å²) < 4.78 is 39.4. The number of carbonyl (C=O) groups is 3. The van der Waals surface area contributed by atoms with E-state index in [1.807, 2.05) is 6.26 Å². The van der Waals surface area contributed by atoms with Gasteiger partial charge in [0, 0.05) is 18.5 Å². The van der Waals surface area contributed by atoms with E-state index in [9.17, 15) is 37.8 Å². The van der Waals surface area contributed by atoms with Crippen LogP contribution in [0.3, 0.4) is 0 Å². The molecule has 5 N–H and O–H groups in total. The number of alkyl halides is 3. The number of phenolic OH excluding ortho intramolecular Hbond substituents is 1. The lowest BCUT2D eigenvalue weighted by molar-refractivity contribution is -0.142. The Morgan fingerprint density at radius 1 is 0.974 bits per heavy atom. The zero-order chi connectivity index (χ0) is 29.2. The van der Waals surface area contributed by atoms with Crippen molar-refractivity contribution in [2.24, 2.45) is 5.92 Å². The summed E-state index contributed by atoms with van der Waals surface area (Å²) in [5.41, 5.74) is -0.242. The lowest BCUT2D eigenvalue weighted by Gasteiger charge is -2.26. The molecule has 2 amide bonds. The first-order valence-corrected chi connectivity index (χ1v) is 13.7. The van der Waals surface area contributed by atoms with Gasteiger partial charge in [0.25, 0.3) is 0 Å². The first-order valence-electron chi connectivity index (χ1n) is 12.3. The van der Waals surface area contributed by atoms with Crippen molar-refractivity contribution < 1.29 is 37.8 Å². The van der Waals surface area contributed by atoms with Crippen LogP contribution in [0, 0.1) is 5.92 Å². The summed E-state index contributed by atoms with van der Waals surface area (Å²) in [7, 11) is 0. The third-order valence-electron chi connectivity index (χ3n) is 6.01. The van der Waals surface area contributed by atoms with Crippen molar-refractivity contribution in [1.29, 1.82) is 0 Å². The number of carboxylic acid groups (broad SMARTS) is 1. The number of thioether (sulfide) groups is 1. The van der Waals surface area contributed by atoms with E-state index in [-0.39, 0.29) is 36.6 Å². The number of hydrogen-bond donors (Lipinski definition) is 5. The maximum atomic E-state index is 13.3. The molecule has 0 aliphatic carbocycles. The summed E-state index contributed by atoms with van der Waals surface area (Å²) in [6, 6.07) is 8.21. The molecule has 0 saturated carbocycles. The summed E-state index contributed by atoms with van der Waals surface area (Å²) in [5, 5.41) is 27.6. The minimum absolute atomic E-state index is 0.0417. The van der Waals surface area contributed by atoms with E-state index in [2.05, 4.69) is 16.0 Å². The van der Waals surface area contributed by atoms with E-state index < -0.39 is 47.6 Å². The van der Waals surface area contributed by atoms with Crippen molar-refractivity contribution in [2.75, 3.05) is 12.0 Å². The molecule has 2 aromatic rings. The third kappa shape index (κ3) is 10.1. The predicted octanol–water partition coefficient (Wildman–Crippen LogP) is 3.58. The Morgan fingerprint density at radius 3 is 2.18 bits per heavy atom. The second kappa shape index (κ2) is 14.8. The van der Waals surface area contributed by atoms with Crippen LogP contribution in [-0.2, 0) is 33.5 Å². The maximum absolute atomic E-state index is 13.3. The number of carbonyl (C=O) groups excluding carboxylic acids is 2. The molecule has 0 unspecified atom stereocenters. The first kappa shape index (κ1) is 32.0. The van der Waals surface area contributed by atoms with Crippen LogP contribution in [0.2, 0.25) is 0 Å². The Bertz CT molecular complexity index is 1120. The summed E-state index contributed by atoms with van der Waals surface area (Å²) >= 11 is 1.44. The number of amides is 2. The molecule has 0 aromatic heterocycles. The smallest absolute Gasteiger partial charge is 0.416 e. The highest BCUT2D eigenvalue weighted by Crippen LogP contribution is 2.32. The Hall–Kier alpha value is -3.25. The molecule has 0 fully saturated rings. The predicted molar refractivity (Wildman–Crippen MR) is 143 cm³/mol. The summed E-state index contributed by atoms with van der Waals surface area (Å²) in [5.74, 6) is -2.64. The van der Waals surface area contributed by atoms with Crippen molar-refractivity contribution >= 4 is 29.5 Å². The zero-order valence-electron chi connectivity index (χ0n) is 21.9. The van der Waals surface area contributed by atoms with E-state index >= 15 is 0 Å². The number of aromatic hydroxyl groups is 1. The van der Waals surface area contributed by atoms with Gasteiger partial charge in [-0.05, 0) is 48.1 Å². The lowest BCUT2D eigenvalue weighted by atomic mass is 10.00. The van der Waals surface area contributed by atoms with Crippen LogP contribution in [0.15, 0.2) is 48.5 Å². The van der Waals surface area contributed by atoms with Crippen LogP contribution in [0.4, 0.5) is 13.2 Å². The molecular weight excluding hydrogens is 535 g/mol.